The van der Waals surface area contributed by atoms with Crippen LogP contribution in [-0.2, 0) is 29.2 Å². The van der Waals surface area contributed by atoms with Gasteiger partial charge in [-0.05, 0) is 54.3 Å². The molecule has 6 rings (SSSR count). The molecular weight excluding hydrogens is 550 g/mol. The second-order valence-electron chi connectivity index (χ2n) is 12.3. The number of fused-ring (bicyclic) bond motifs is 2. The maximum atomic E-state index is 13.4. The number of nitrogens with zero attached hydrogens (tertiary/aromatic N) is 8. The maximum absolute atomic E-state index is 13.4. The summed E-state index contributed by atoms with van der Waals surface area (Å²) in [5.41, 5.74) is 5.35. The molecule has 0 amide bonds. The molecule has 2 aliphatic rings. The lowest BCUT2D eigenvalue weighted by molar-refractivity contribution is 0.273. The Morgan fingerprint density at radius 3 is 2.69 bits per heavy atom. The van der Waals surface area contributed by atoms with Crippen LogP contribution in [0.3, 0.4) is 0 Å². The zero-order valence-corrected chi connectivity index (χ0v) is 25.6. The predicted molar refractivity (Wildman–Crippen MR) is 169 cm³/mol. The van der Waals surface area contributed by atoms with Crippen LogP contribution in [0.5, 0.6) is 0 Å². The third-order valence-corrected chi connectivity index (χ3v) is 8.19. The molecule has 0 radical (unpaired) electrons. The van der Waals surface area contributed by atoms with E-state index in [-0.39, 0.29) is 12.1 Å². The first kappa shape index (κ1) is 28.1. The summed E-state index contributed by atoms with van der Waals surface area (Å²) in [5.74, 6) is 1.12. The summed E-state index contributed by atoms with van der Waals surface area (Å²) in [7, 11) is -0.275. The van der Waals surface area contributed by atoms with Gasteiger partial charge in [0.2, 0.25) is 5.95 Å². The fraction of sp³-hybridized carbons (Fsp3) is 0.400. The average Bonchev–Trinajstić information content (AvgIpc) is 3.16. The van der Waals surface area contributed by atoms with Crippen molar-refractivity contribution in [2.75, 3.05) is 49.4 Å². The Kier molecular flexibility index (Phi) is 6.93. The number of nitrogens with one attached hydrogen (secondary N) is 1. The van der Waals surface area contributed by atoms with Crippen molar-refractivity contribution in [2.45, 2.75) is 33.4 Å². The van der Waals surface area contributed by atoms with Crippen LogP contribution in [0.1, 0.15) is 25.0 Å². The summed E-state index contributed by atoms with van der Waals surface area (Å²) in [6.07, 6.45) is 7.32. The van der Waals surface area contributed by atoms with Gasteiger partial charge in [0, 0.05) is 66.0 Å². The number of aromatic nitrogens is 5. The summed E-state index contributed by atoms with van der Waals surface area (Å²) in [6, 6.07) is 9.60. The maximum Gasteiger partial charge on any atom is 0.278 e. The second-order valence-corrected chi connectivity index (χ2v) is 14.9. The Morgan fingerprint density at radius 2 is 1.98 bits per heavy atom. The standard InChI is InChI=1S/C30H37N9O2S/c1-7-12-38-28(40)23-16-31-29(34-27(23)39(38)26-10-8-9-25(33-26)35-42(5,6)41)32-21-14-20-17-36(4)13-11-22(20)24(15-21)37-18-30(2,3)19-37/h7-10,14-16H,1,11-13,17-19H2,2-6H3,(H,31,32,34). The van der Waals surface area contributed by atoms with Gasteiger partial charge in [-0.15, -0.1) is 6.58 Å². The van der Waals surface area contributed by atoms with Crippen LogP contribution >= 0.6 is 0 Å². The molecule has 0 aliphatic carbocycles. The molecule has 1 saturated heterocycles. The fourth-order valence-electron chi connectivity index (χ4n) is 5.87. The van der Waals surface area contributed by atoms with E-state index in [9.17, 15) is 9.00 Å². The minimum absolute atomic E-state index is 0.243. The van der Waals surface area contributed by atoms with Crippen LogP contribution in [0.15, 0.2) is 58.3 Å². The molecule has 220 valence electrons. The van der Waals surface area contributed by atoms with Crippen molar-refractivity contribution >= 4 is 43.9 Å². The lowest BCUT2D eigenvalue weighted by atomic mass is 9.83. The van der Waals surface area contributed by atoms with E-state index in [1.807, 2.05) is 0 Å². The molecule has 0 unspecified atom stereocenters. The molecule has 0 atom stereocenters. The van der Waals surface area contributed by atoms with E-state index in [2.05, 4.69) is 69.1 Å². The van der Waals surface area contributed by atoms with Gasteiger partial charge in [0.25, 0.3) is 5.56 Å². The predicted octanol–water partition coefficient (Wildman–Crippen LogP) is 4.10. The van der Waals surface area contributed by atoms with Crippen LogP contribution < -0.4 is 15.8 Å². The number of anilines is 3. The molecule has 0 bridgehead atoms. The highest BCUT2D eigenvalue weighted by atomic mass is 32.2. The normalized spacial score (nSPS) is 16.6. The van der Waals surface area contributed by atoms with Crippen molar-refractivity contribution in [1.29, 1.82) is 0 Å². The quantitative estimate of drug-likeness (QED) is 0.322. The van der Waals surface area contributed by atoms with Gasteiger partial charge in [0.1, 0.15) is 5.39 Å². The molecule has 3 aromatic heterocycles. The van der Waals surface area contributed by atoms with Gasteiger partial charge in [-0.2, -0.15) is 9.35 Å². The van der Waals surface area contributed by atoms with E-state index in [1.165, 1.54) is 21.5 Å². The van der Waals surface area contributed by atoms with Gasteiger partial charge >= 0.3 is 0 Å². The Hall–Kier alpha value is -4.03. The first-order valence-corrected chi connectivity index (χ1v) is 16.3. The number of hydrogen-bond acceptors (Lipinski definition) is 9. The lowest BCUT2D eigenvalue weighted by Crippen LogP contribution is -2.53. The minimum Gasteiger partial charge on any atom is -0.370 e. The average molecular weight is 588 g/mol. The van der Waals surface area contributed by atoms with E-state index in [0.717, 1.165) is 38.3 Å². The fourth-order valence-corrected chi connectivity index (χ4v) is 6.43. The first-order valence-electron chi connectivity index (χ1n) is 14.0. The number of benzene rings is 1. The van der Waals surface area contributed by atoms with E-state index in [4.69, 9.17) is 4.98 Å². The lowest BCUT2D eigenvalue weighted by Gasteiger charge is -2.48. The van der Waals surface area contributed by atoms with Crippen LogP contribution in [-0.4, -0.2) is 72.6 Å². The van der Waals surface area contributed by atoms with Crippen molar-refractivity contribution in [1.82, 2.24) is 29.2 Å². The minimum atomic E-state index is -2.42. The number of allylic oxidation sites excluding steroid dienone is 1. The van der Waals surface area contributed by atoms with Gasteiger partial charge in [-0.3, -0.25) is 4.79 Å². The van der Waals surface area contributed by atoms with Gasteiger partial charge in [-0.1, -0.05) is 26.0 Å². The molecule has 1 fully saturated rings. The monoisotopic (exact) mass is 587 g/mol. The SMILES string of the molecule is C=CCn1c(=O)c2cnc(Nc3cc4c(c(N5CC(C)(C)C5)c3)CCN(C)C4)nc2n1-c1cccc(N=S(C)(C)=O)n1. The van der Waals surface area contributed by atoms with Crippen LogP contribution in [0, 0.1) is 5.41 Å². The van der Waals surface area contributed by atoms with Crippen molar-refractivity contribution < 1.29 is 4.21 Å². The highest BCUT2D eigenvalue weighted by Gasteiger charge is 2.36. The Morgan fingerprint density at radius 1 is 1.19 bits per heavy atom. The molecular formula is C30H37N9O2S. The zero-order valence-electron chi connectivity index (χ0n) is 24.8. The van der Waals surface area contributed by atoms with E-state index in [0.29, 0.717) is 34.0 Å². The molecule has 42 heavy (non-hydrogen) atoms. The van der Waals surface area contributed by atoms with Gasteiger partial charge < -0.3 is 15.1 Å². The largest absolute Gasteiger partial charge is 0.370 e. The van der Waals surface area contributed by atoms with E-state index in [1.54, 1.807) is 47.7 Å². The van der Waals surface area contributed by atoms with Crippen molar-refractivity contribution in [3.8, 4) is 5.82 Å². The second kappa shape index (κ2) is 10.4. The Balaban J connectivity index is 1.44. The number of likely N-dealkylation sites (N-methyl/N-ethyl adjacent to an activating group) is 1. The highest BCUT2D eigenvalue weighted by molar-refractivity contribution is 7.92. The van der Waals surface area contributed by atoms with Crippen molar-refractivity contribution in [2.24, 2.45) is 9.78 Å². The molecule has 1 N–H and O–H groups in total. The van der Waals surface area contributed by atoms with E-state index >= 15 is 0 Å². The molecule has 12 heteroatoms. The summed E-state index contributed by atoms with van der Waals surface area (Å²) in [6.45, 7) is 12.6. The van der Waals surface area contributed by atoms with Gasteiger partial charge in [0.05, 0.1) is 6.54 Å². The van der Waals surface area contributed by atoms with Crippen LogP contribution in [0.25, 0.3) is 16.9 Å². The third-order valence-electron chi connectivity index (χ3n) is 7.56. The third kappa shape index (κ3) is 5.43. The smallest absolute Gasteiger partial charge is 0.278 e. The number of rotatable bonds is 7. The molecule has 4 aromatic rings. The summed E-state index contributed by atoms with van der Waals surface area (Å²) < 4.78 is 19.7. The summed E-state index contributed by atoms with van der Waals surface area (Å²) in [4.78, 5) is 32.1. The molecule has 0 saturated carbocycles. The summed E-state index contributed by atoms with van der Waals surface area (Å²) >= 11 is 0. The molecule has 2 aliphatic heterocycles. The van der Waals surface area contributed by atoms with Crippen LogP contribution in [0.2, 0.25) is 0 Å². The zero-order chi connectivity index (χ0) is 29.8. The Bertz CT molecular complexity index is 1880. The van der Waals surface area contributed by atoms with E-state index < -0.39 is 9.73 Å². The molecule has 1 aromatic carbocycles. The van der Waals surface area contributed by atoms with Crippen LogP contribution in [0.4, 0.5) is 23.1 Å². The number of hydrogen-bond donors (Lipinski definition) is 1. The summed E-state index contributed by atoms with van der Waals surface area (Å²) in [5, 5.41) is 3.78. The Labute approximate surface area is 246 Å². The number of pyridine rings is 1. The highest BCUT2D eigenvalue weighted by Crippen LogP contribution is 2.40. The topological polar surface area (TPSA) is 114 Å². The van der Waals surface area contributed by atoms with Gasteiger partial charge in [-0.25, -0.2) is 23.5 Å². The first-order chi connectivity index (χ1) is 19.9. The molecule has 0 spiro atoms. The molecule has 11 nitrogen and oxygen atoms in total. The van der Waals surface area contributed by atoms with Crippen molar-refractivity contribution in [3.63, 3.8) is 0 Å². The molecule has 5 heterocycles. The van der Waals surface area contributed by atoms with Gasteiger partial charge in [0.15, 0.2) is 17.3 Å². The van der Waals surface area contributed by atoms with Crippen molar-refractivity contribution in [3.05, 3.63) is 70.7 Å².